The Morgan fingerprint density at radius 3 is 2.27 bits per heavy atom. The van der Waals surface area contributed by atoms with Gasteiger partial charge in [0.25, 0.3) is 0 Å². The van der Waals surface area contributed by atoms with Gasteiger partial charge in [0.2, 0.25) is 5.91 Å². The van der Waals surface area contributed by atoms with Gasteiger partial charge in [0.15, 0.2) is 0 Å². The largest absolute Gasteiger partial charge is 0.343 e. The third-order valence-electron chi connectivity index (χ3n) is 3.00. The molecule has 2 nitrogen and oxygen atoms in total. The van der Waals surface area contributed by atoms with E-state index in [2.05, 4.69) is 27.7 Å². The summed E-state index contributed by atoms with van der Waals surface area (Å²) < 4.78 is 0. The molecule has 1 amide bonds. The van der Waals surface area contributed by atoms with Gasteiger partial charge in [0.05, 0.1) is 0 Å². The van der Waals surface area contributed by atoms with Crippen molar-refractivity contribution < 1.29 is 4.79 Å². The Balaban J connectivity index is 4.08. The zero-order valence-corrected chi connectivity index (χ0v) is 11.4. The third-order valence-corrected chi connectivity index (χ3v) is 3.27. The molecule has 0 radical (unpaired) electrons. The second-order valence-corrected chi connectivity index (χ2v) is 5.57. The standard InChI is InChI=1S/C12H24ClNO/c1-10(12(2,3)4)14(5)11(15)8-6-7-9-13/h10H,6-9H2,1-5H3. The van der Waals surface area contributed by atoms with Crippen LogP contribution in [-0.2, 0) is 4.79 Å². The maximum absolute atomic E-state index is 11.8. The van der Waals surface area contributed by atoms with E-state index in [9.17, 15) is 4.79 Å². The summed E-state index contributed by atoms with van der Waals surface area (Å²) in [6.45, 7) is 8.56. The molecule has 3 heteroatoms. The SMILES string of the molecule is CC(N(C)C(=O)CCCCCl)C(C)(C)C. The van der Waals surface area contributed by atoms with Crippen LogP contribution in [0.4, 0.5) is 0 Å². The highest BCUT2D eigenvalue weighted by Gasteiger charge is 2.26. The number of unbranched alkanes of at least 4 members (excludes halogenated alkanes) is 1. The van der Waals surface area contributed by atoms with Crippen LogP contribution in [0, 0.1) is 5.41 Å². The van der Waals surface area contributed by atoms with E-state index < -0.39 is 0 Å². The molecule has 0 heterocycles. The number of hydrogen-bond acceptors (Lipinski definition) is 1. The van der Waals surface area contributed by atoms with Gasteiger partial charge in [-0.15, -0.1) is 11.6 Å². The number of alkyl halides is 1. The summed E-state index contributed by atoms with van der Waals surface area (Å²) >= 11 is 5.57. The van der Waals surface area contributed by atoms with Crippen LogP contribution in [0.3, 0.4) is 0 Å². The van der Waals surface area contributed by atoms with Gasteiger partial charge in [-0.05, 0) is 25.2 Å². The number of hydrogen-bond donors (Lipinski definition) is 0. The van der Waals surface area contributed by atoms with E-state index in [1.807, 2.05) is 11.9 Å². The van der Waals surface area contributed by atoms with Crippen LogP contribution in [0.25, 0.3) is 0 Å². The number of carbonyl (C=O) groups excluding carboxylic acids is 1. The van der Waals surface area contributed by atoms with Gasteiger partial charge < -0.3 is 4.90 Å². The van der Waals surface area contributed by atoms with Crippen LogP contribution in [0.2, 0.25) is 0 Å². The summed E-state index contributed by atoms with van der Waals surface area (Å²) in [6.07, 6.45) is 2.43. The highest BCUT2D eigenvalue weighted by molar-refractivity contribution is 6.17. The van der Waals surface area contributed by atoms with Gasteiger partial charge in [-0.3, -0.25) is 4.79 Å². The van der Waals surface area contributed by atoms with Crippen LogP contribution in [0.15, 0.2) is 0 Å². The van der Waals surface area contributed by atoms with E-state index in [1.54, 1.807) is 0 Å². The molecule has 0 N–H and O–H groups in total. The topological polar surface area (TPSA) is 20.3 Å². The maximum atomic E-state index is 11.8. The highest BCUT2D eigenvalue weighted by atomic mass is 35.5. The lowest BCUT2D eigenvalue weighted by atomic mass is 9.87. The molecule has 1 unspecified atom stereocenters. The first-order chi connectivity index (χ1) is 6.80. The maximum Gasteiger partial charge on any atom is 0.222 e. The van der Waals surface area contributed by atoms with Crippen LogP contribution < -0.4 is 0 Å². The molecule has 0 aliphatic carbocycles. The van der Waals surface area contributed by atoms with Crippen molar-refractivity contribution in [3.8, 4) is 0 Å². The molecule has 0 fully saturated rings. The van der Waals surface area contributed by atoms with Crippen LogP contribution in [0.5, 0.6) is 0 Å². The molecule has 0 aromatic carbocycles. The van der Waals surface area contributed by atoms with E-state index in [4.69, 9.17) is 11.6 Å². The lowest BCUT2D eigenvalue weighted by Crippen LogP contribution is -2.42. The van der Waals surface area contributed by atoms with Crippen LogP contribution >= 0.6 is 11.6 Å². The fourth-order valence-corrected chi connectivity index (χ4v) is 1.53. The minimum atomic E-state index is 0.136. The van der Waals surface area contributed by atoms with Gasteiger partial charge in [-0.25, -0.2) is 0 Å². The van der Waals surface area contributed by atoms with Gasteiger partial charge in [-0.1, -0.05) is 20.8 Å². The molecule has 15 heavy (non-hydrogen) atoms. The Hall–Kier alpha value is -0.240. The first-order valence-electron chi connectivity index (χ1n) is 5.62. The Bertz CT molecular complexity index is 198. The van der Waals surface area contributed by atoms with Crippen molar-refractivity contribution in [1.29, 1.82) is 0 Å². The van der Waals surface area contributed by atoms with Crippen molar-refractivity contribution in [3.05, 3.63) is 0 Å². The van der Waals surface area contributed by atoms with E-state index in [1.165, 1.54) is 0 Å². The zero-order chi connectivity index (χ0) is 12.1. The summed E-state index contributed by atoms with van der Waals surface area (Å²) in [5.41, 5.74) is 0.136. The molecule has 0 aromatic heterocycles. The van der Waals surface area contributed by atoms with E-state index in [0.29, 0.717) is 12.3 Å². The quantitative estimate of drug-likeness (QED) is 0.527. The summed E-state index contributed by atoms with van der Waals surface area (Å²) in [5.74, 6) is 0.869. The lowest BCUT2D eigenvalue weighted by Gasteiger charge is -2.35. The van der Waals surface area contributed by atoms with Crippen molar-refractivity contribution in [2.75, 3.05) is 12.9 Å². The Labute approximate surface area is 99.0 Å². The summed E-state index contributed by atoms with van der Waals surface area (Å²) in [7, 11) is 1.89. The molecule has 0 aliphatic heterocycles. The zero-order valence-electron chi connectivity index (χ0n) is 10.6. The molecule has 1 atom stereocenters. The van der Waals surface area contributed by atoms with Crippen LogP contribution in [-0.4, -0.2) is 29.8 Å². The Morgan fingerprint density at radius 2 is 1.87 bits per heavy atom. The second kappa shape index (κ2) is 6.37. The molecule has 0 aromatic rings. The second-order valence-electron chi connectivity index (χ2n) is 5.19. The molecule has 0 aliphatic rings. The van der Waals surface area contributed by atoms with Crippen LogP contribution in [0.1, 0.15) is 47.0 Å². The predicted molar refractivity (Wildman–Crippen MR) is 66.3 cm³/mol. The Kier molecular flexibility index (Phi) is 6.26. The molecular weight excluding hydrogens is 210 g/mol. The smallest absolute Gasteiger partial charge is 0.222 e. The van der Waals surface area contributed by atoms with Crippen molar-refractivity contribution in [2.24, 2.45) is 5.41 Å². The Morgan fingerprint density at radius 1 is 1.33 bits per heavy atom. The number of rotatable bonds is 5. The van der Waals surface area contributed by atoms with Crippen molar-refractivity contribution >= 4 is 17.5 Å². The summed E-state index contributed by atoms with van der Waals surface area (Å²) in [4.78, 5) is 13.6. The number of halogens is 1. The lowest BCUT2D eigenvalue weighted by molar-refractivity contribution is -0.133. The van der Waals surface area contributed by atoms with E-state index >= 15 is 0 Å². The average Bonchev–Trinajstić information content (AvgIpc) is 2.14. The fraction of sp³-hybridized carbons (Fsp3) is 0.917. The number of amides is 1. The molecule has 0 rings (SSSR count). The monoisotopic (exact) mass is 233 g/mol. The molecule has 90 valence electrons. The summed E-state index contributed by atoms with van der Waals surface area (Å²) in [6, 6.07) is 0.265. The highest BCUT2D eigenvalue weighted by Crippen LogP contribution is 2.23. The molecule has 0 spiro atoms. The van der Waals surface area contributed by atoms with E-state index in [0.717, 1.165) is 12.8 Å². The minimum Gasteiger partial charge on any atom is -0.343 e. The number of carbonyl (C=O) groups is 1. The normalized spacial score (nSPS) is 13.7. The van der Waals surface area contributed by atoms with Gasteiger partial charge in [0, 0.05) is 25.4 Å². The van der Waals surface area contributed by atoms with Gasteiger partial charge in [-0.2, -0.15) is 0 Å². The van der Waals surface area contributed by atoms with Gasteiger partial charge in [0.1, 0.15) is 0 Å². The van der Waals surface area contributed by atoms with Crippen molar-refractivity contribution in [1.82, 2.24) is 4.90 Å². The first kappa shape index (κ1) is 14.8. The number of nitrogens with zero attached hydrogens (tertiary/aromatic N) is 1. The first-order valence-corrected chi connectivity index (χ1v) is 6.15. The molecule has 0 bridgehead atoms. The minimum absolute atomic E-state index is 0.136. The molecular formula is C12H24ClNO. The van der Waals surface area contributed by atoms with E-state index in [-0.39, 0.29) is 17.4 Å². The third kappa shape index (κ3) is 5.41. The average molecular weight is 234 g/mol. The summed E-state index contributed by atoms with van der Waals surface area (Å²) in [5, 5.41) is 0. The van der Waals surface area contributed by atoms with Gasteiger partial charge >= 0.3 is 0 Å². The predicted octanol–water partition coefficient (Wildman–Crippen LogP) is 3.29. The van der Waals surface area contributed by atoms with Crippen molar-refractivity contribution in [3.63, 3.8) is 0 Å². The fourth-order valence-electron chi connectivity index (χ4n) is 1.34. The van der Waals surface area contributed by atoms with Crippen molar-refractivity contribution in [2.45, 2.75) is 53.0 Å². The molecule has 0 saturated carbocycles. The molecule has 0 saturated heterocycles.